The first kappa shape index (κ1) is 13.1. The van der Waals surface area contributed by atoms with Gasteiger partial charge in [0, 0.05) is 0 Å². The van der Waals surface area contributed by atoms with Gasteiger partial charge in [-0.3, -0.25) is 0 Å². The summed E-state index contributed by atoms with van der Waals surface area (Å²) in [6.45, 7) is 2.02. The molecule has 1 rings (SSSR count). The van der Waals surface area contributed by atoms with Crippen molar-refractivity contribution in [3.8, 4) is 5.75 Å². The van der Waals surface area contributed by atoms with Crippen molar-refractivity contribution in [1.82, 2.24) is 0 Å². The van der Waals surface area contributed by atoms with Gasteiger partial charge >= 0.3 is 5.97 Å². The van der Waals surface area contributed by atoms with Crippen LogP contribution in [0, 0.1) is 0 Å². The zero-order chi connectivity index (χ0) is 12.3. The van der Waals surface area contributed by atoms with Gasteiger partial charge in [-0.1, -0.05) is 36.5 Å². The van der Waals surface area contributed by atoms with Crippen LogP contribution in [0.2, 0.25) is 10.0 Å². The highest BCUT2D eigenvalue weighted by atomic mass is 35.5. The second-order valence-corrected chi connectivity index (χ2v) is 4.25. The van der Waals surface area contributed by atoms with Gasteiger partial charge < -0.3 is 10.2 Å². The summed E-state index contributed by atoms with van der Waals surface area (Å²) < 4.78 is 0. The minimum absolute atomic E-state index is 0.0569. The maximum atomic E-state index is 10.8. The number of aryl methyl sites for hydroxylation is 1. The van der Waals surface area contributed by atoms with Crippen molar-refractivity contribution < 1.29 is 15.0 Å². The highest BCUT2D eigenvalue weighted by molar-refractivity contribution is 6.40. The number of carboxylic acid groups (broad SMARTS) is 1. The van der Waals surface area contributed by atoms with Crippen molar-refractivity contribution in [2.24, 2.45) is 0 Å². The Labute approximate surface area is 104 Å². The molecule has 0 aliphatic rings. The molecule has 0 unspecified atom stereocenters. The molecule has 0 aromatic heterocycles. The van der Waals surface area contributed by atoms with E-state index in [0.717, 1.165) is 12.8 Å². The minimum Gasteiger partial charge on any atom is -0.506 e. The number of aromatic carboxylic acids is 1. The van der Waals surface area contributed by atoms with E-state index in [-0.39, 0.29) is 21.4 Å². The third kappa shape index (κ3) is 2.60. The first-order valence-electron chi connectivity index (χ1n) is 4.92. The summed E-state index contributed by atoms with van der Waals surface area (Å²) >= 11 is 11.6. The van der Waals surface area contributed by atoms with Crippen molar-refractivity contribution >= 4 is 29.2 Å². The Morgan fingerprint density at radius 3 is 2.56 bits per heavy atom. The van der Waals surface area contributed by atoms with E-state index in [2.05, 4.69) is 0 Å². The molecule has 16 heavy (non-hydrogen) atoms. The molecule has 0 fully saturated rings. The van der Waals surface area contributed by atoms with Crippen molar-refractivity contribution in [3.63, 3.8) is 0 Å². The summed E-state index contributed by atoms with van der Waals surface area (Å²) in [6, 6.07) is 1.46. The van der Waals surface area contributed by atoms with Gasteiger partial charge in [0.2, 0.25) is 0 Å². The number of unbranched alkanes of at least 4 members (excludes halogenated alkanes) is 1. The lowest BCUT2D eigenvalue weighted by atomic mass is 10.0. The SMILES string of the molecule is CCCCc1cc(Cl)c(C(=O)O)c(Cl)c1O. The van der Waals surface area contributed by atoms with Crippen molar-refractivity contribution in [2.45, 2.75) is 26.2 Å². The van der Waals surface area contributed by atoms with Gasteiger partial charge in [-0.05, 0) is 24.5 Å². The molecule has 3 nitrogen and oxygen atoms in total. The number of phenolic OH excluding ortho intramolecular Hbond substituents is 1. The van der Waals surface area contributed by atoms with Crippen LogP contribution in [-0.4, -0.2) is 16.2 Å². The van der Waals surface area contributed by atoms with E-state index in [0.29, 0.717) is 12.0 Å². The first-order valence-corrected chi connectivity index (χ1v) is 5.67. The second-order valence-electron chi connectivity index (χ2n) is 3.46. The quantitative estimate of drug-likeness (QED) is 0.869. The number of hydrogen-bond donors (Lipinski definition) is 2. The van der Waals surface area contributed by atoms with E-state index in [1.165, 1.54) is 6.07 Å². The average Bonchev–Trinajstić information content (AvgIpc) is 2.21. The largest absolute Gasteiger partial charge is 0.506 e. The molecule has 0 heterocycles. The molecule has 0 aliphatic heterocycles. The van der Waals surface area contributed by atoms with Crippen LogP contribution in [0.3, 0.4) is 0 Å². The van der Waals surface area contributed by atoms with E-state index >= 15 is 0 Å². The number of benzene rings is 1. The lowest BCUT2D eigenvalue weighted by Gasteiger charge is -2.09. The summed E-state index contributed by atoms with van der Waals surface area (Å²) in [4.78, 5) is 10.8. The van der Waals surface area contributed by atoms with Gasteiger partial charge in [0.15, 0.2) is 0 Å². The summed E-state index contributed by atoms with van der Waals surface area (Å²) in [5, 5.41) is 18.5. The summed E-state index contributed by atoms with van der Waals surface area (Å²) in [5.74, 6) is -1.43. The van der Waals surface area contributed by atoms with E-state index in [9.17, 15) is 9.90 Å². The standard InChI is InChI=1S/C11H12Cl2O3/c1-2-3-4-6-5-7(12)8(11(15)16)9(13)10(6)14/h5,14H,2-4H2,1H3,(H,15,16). The number of carbonyl (C=O) groups is 1. The smallest absolute Gasteiger partial charge is 0.338 e. The Morgan fingerprint density at radius 2 is 2.06 bits per heavy atom. The van der Waals surface area contributed by atoms with Gasteiger partial charge in [-0.25, -0.2) is 4.79 Å². The third-order valence-electron chi connectivity index (χ3n) is 2.28. The van der Waals surface area contributed by atoms with Crippen LogP contribution in [-0.2, 0) is 6.42 Å². The van der Waals surface area contributed by atoms with E-state index in [4.69, 9.17) is 28.3 Å². The highest BCUT2D eigenvalue weighted by Gasteiger charge is 2.19. The van der Waals surface area contributed by atoms with Crippen molar-refractivity contribution in [3.05, 3.63) is 27.2 Å². The highest BCUT2D eigenvalue weighted by Crippen LogP contribution is 2.36. The lowest BCUT2D eigenvalue weighted by molar-refractivity contribution is 0.0697. The van der Waals surface area contributed by atoms with Gasteiger partial charge in [0.05, 0.1) is 10.0 Å². The molecule has 88 valence electrons. The fourth-order valence-electron chi connectivity index (χ4n) is 1.41. The zero-order valence-electron chi connectivity index (χ0n) is 8.76. The molecule has 0 aliphatic carbocycles. The minimum atomic E-state index is -1.24. The molecule has 0 saturated carbocycles. The van der Waals surface area contributed by atoms with Crippen LogP contribution in [0.4, 0.5) is 0 Å². The van der Waals surface area contributed by atoms with Crippen LogP contribution in [0.1, 0.15) is 35.7 Å². The number of halogens is 2. The summed E-state index contributed by atoms with van der Waals surface area (Å²) in [6.07, 6.45) is 2.48. The molecule has 5 heteroatoms. The van der Waals surface area contributed by atoms with Crippen LogP contribution in [0.25, 0.3) is 0 Å². The molecule has 0 spiro atoms. The molecule has 1 aromatic rings. The number of hydrogen-bond acceptors (Lipinski definition) is 2. The number of rotatable bonds is 4. The molecule has 2 N–H and O–H groups in total. The first-order chi connectivity index (χ1) is 7.49. The second kappa shape index (κ2) is 5.41. The predicted molar refractivity (Wildman–Crippen MR) is 63.7 cm³/mol. The van der Waals surface area contributed by atoms with E-state index in [1.807, 2.05) is 6.92 Å². The maximum Gasteiger partial charge on any atom is 0.338 e. The van der Waals surface area contributed by atoms with Gasteiger partial charge in [0.25, 0.3) is 0 Å². The number of carboxylic acids is 1. The van der Waals surface area contributed by atoms with E-state index < -0.39 is 5.97 Å². The van der Waals surface area contributed by atoms with Gasteiger partial charge in [-0.2, -0.15) is 0 Å². The Bertz CT molecular complexity index is 416. The fourth-order valence-corrected chi connectivity index (χ4v) is 2.07. The van der Waals surface area contributed by atoms with Crippen LogP contribution in [0.5, 0.6) is 5.75 Å². The van der Waals surface area contributed by atoms with Crippen LogP contribution >= 0.6 is 23.2 Å². The third-order valence-corrected chi connectivity index (χ3v) is 2.95. The molecule has 0 bridgehead atoms. The predicted octanol–water partition coefficient (Wildman–Crippen LogP) is 3.74. The van der Waals surface area contributed by atoms with Crippen molar-refractivity contribution in [1.29, 1.82) is 0 Å². The Kier molecular flexibility index (Phi) is 4.44. The maximum absolute atomic E-state index is 10.8. The van der Waals surface area contributed by atoms with Gasteiger partial charge in [-0.15, -0.1) is 0 Å². The molecular weight excluding hydrogens is 251 g/mol. The van der Waals surface area contributed by atoms with Crippen molar-refractivity contribution in [2.75, 3.05) is 0 Å². The molecule has 0 amide bonds. The topological polar surface area (TPSA) is 57.5 Å². The number of phenols is 1. The monoisotopic (exact) mass is 262 g/mol. The molecule has 0 radical (unpaired) electrons. The molecule has 0 atom stereocenters. The number of aromatic hydroxyl groups is 1. The normalized spacial score (nSPS) is 10.4. The fraction of sp³-hybridized carbons (Fsp3) is 0.364. The molecular formula is C11H12Cl2O3. The molecule has 1 aromatic carbocycles. The Hall–Kier alpha value is -0.930. The van der Waals surface area contributed by atoms with Crippen LogP contribution < -0.4 is 0 Å². The average molecular weight is 263 g/mol. The van der Waals surface area contributed by atoms with Crippen LogP contribution in [0.15, 0.2) is 6.07 Å². The Balaban J connectivity index is 3.22. The van der Waals surface area contributed by atoms with E-state index in [1.54, 1.807) is 0 Å². The van der Waals surface area contributed by atoms with Gasteiger partial charge in [0.1, 0.15) is 11.3 Å². The summed E-state index contributed by atoms with van der Waals surface area (Å²) in [7, 11) is 0. The lowest BCUT2D eigenvalue weighted by Crippen LogP contribution is -2.01. The Morgan fingerprint density at radius 1 is 1.44 bits per heavy atom. The molecule has 0 saturated heterocycles. The zero-order valence-corrected chi connectivity index (χ0v) is 10.3. The summed E-state index contributed by atoms with van der Waals surface area (Å²) in [5.41, 5.74) is 0.336.